The van der Waals surface area contributed by atoms with Gasteiger partial charge < -0.3 is 24.8 Å². The number of carbonyl (C=O) groups is 3. The van der Waals surface area contributed by atoms with Crippen molar-refractivity contribution < 1.29 is 64.4 Å². The summed E-state index contributed by atoms with van der Waals surface area (Å²) in [6.07, 6.45) is 6.44. The molecule has 0 saturated heterocycles. The Labute approximate surface area is 495 Å². The third-order valence-corrected chi connectivity index (χ3v) is 19.0. The second-order valence-electron chi connectivity index (χ2n) is 19.4. The smallest absolute Gasteiger partial charge is 0.335 e. The zero-order valence-corrected chi connectivity index (χ0v) is 50.0. The first-order valence-corrected chi connectivity index (χ1v) is 32.0. The minimum absolute atomic E-state index is 0.0652. The second-order valence-corrected chi connectivity index (χ2v) is 26.2. The van der Waals surface area contributed by atoms with Gasteiger partial charge in [0.2, 0.25) is 10.0 Å². The van der Waals surface area contributed by atoms with Gasteiger partial charge >= 0.3 is 17.9 Å². The molecule has 0 aliphatic carbocycles. The van der Waals surface area contributed by atoms with E-state index in [1.807, 2.05) is 54.6 Å². The first-order chi connectivity index (χ1) is 40.1. The lowest BCUT2D eigenvalue weighted by molar-refractivity contribution is 0.0686. The molecule has 0 radical (unpaired) electrons. The normalized spacial score (nSPS) is 11.2. The van der Waals surface area contributed by atoms with Gasteiger partial charge in [0, 0.05) is 6.07 Å². The lowest BCUT2D eigenvalue weighted by Gasteiger charge is -2.14. The number of thiophene rings is 1. The predicted octanol–water partition coefficient (Wildman–Crippen LogP) is 12.5. The van der Waals surface area contributed by atoms with E-state index in [4.69, 9.17) is 24.8 Å². The first kappa shape index (κ1) is 64.7. The fourth-order valence-corrected chi connectivity index (χ4v) is 12.6. The summed E-state index contributed by atoms with van der Waals surface area (Å²) in [5, 5.41) is 28.5. The van der Waals surface area contributed by atoms with Crippen molar-refractivity contribution in [2.24, 2.45) is 0 Å². The van der Waals surface area contributed by atoms with Crippen molar-refractivity contribution in [3.63, 3.8) is 0 Å². The van der Waals surface area contributed by atoms with Crippen LogP contribution in [-0.4, -0.2) is 78.0 Å². The third kappa shape index (κ3) is 19.3. The zero-order chi connectivity index (χ0) is 60.9. The minimum atomic E-state index is -3.84. The number of aromatic carboxylic acids is 3. The molecular weight excluding hydrogens is 1150 g/mol. The SMILES string of the molecule is CC(C)S(=O)(=O)Nc1ccccc1CCCc1cccc(C(=O)O)c1.COc1ccc(S(=O)(=O)Nc2ccccc2CCCc2cccc(C(=O)O)c2)cc1OC.O=C(O)c1cccc(CCCc2ccccc2NS(=O)(=O)c2cccs2)c1. The van der Waals surface area contributed by atoms with Gasteiger partial charge in [-0.15, -0.1) is 11.3 Å². The number of carboxylic acids is 3. The van der Waals surface area contributed by atoms with Crippen molar-refractivity contribution in [3.05, 3.63) is 231 Å². The van der Waals surface area contributed by atoms with E-state index in [9.17, 15) is 39.6 Å². The standard InChI is InChI=1S/C24H25NO6S.C20H19NO4S2.C19H23NO4S/c1-30-22-14-13-20(16-23(22)31-2)32(28,29)25-21-12-4-3-9-18(21)10-5-7-17-8-6-11-19(15-17)24(26)27;22-20(23)17-10-4-7-15(14-17)6-3-9-16-8-1-2-11-18(16)21-27(24,25)19-12-5-13-26-19;1-14(2)25(23,24)20-18-12-4-3-9-16(18)10-5-7-15-8-6-11-17(13-15)19(21)22/h3-4,6,8-9,11-16,25H,5,7,10H2,1-2H3,(H,26,27);1-2,4-5,7-8,10-14,21H,3,6,9H2,(H,22,23);3-4,6,8-9,11-14,20H,5,7,10H2,1-2H3,(H,21,22). The molecule has 8 aromatic rings. The van der Waals surface area contributed by atoms with Gasteiger partial charge in [0.1, 0.15) is 4.21 Å². The van der Waals surface area contributed by atoms with Gasteiger partial charge in [0.15, 0.2) is 11.5 Å². The van der Waals surface area contributed by atoms with Gasteiger partial charge in [-0.2, -0.15) is 0 Å². The Morgan fingerprint density at radius 1 is 0.440 bits per heavy atom. The molecule has 8 rings (SSSR count). The van der Waals surface area contributed by atoms with Crippen LogP contribution in [0.5, 0.6) is 11.5 Å². The first-order valence-electron chi connectivity index (χ1n) is 26.6. The topological polar surface area (TPSA) is 269 Å². The molecule has 0 saturated carbocycles. The number of para-hydroxylation sites is 3. The highest BCUT2D eigenvalue weighted by Gasteiger charge is 2.21. The third-order valence-electron chi connectivity index (χ3n) is 13.1. The second kappa shape index (κ2) is 30.7. The quantitative estimate of drug-likeness (QED) is 0.0294. The van der Waals surface area contributed by atoms with E-state index in [0.29, 0.717) is 60.7 Å². The van der Waals surface area contributed by atoms with Crippen molar-refractivity contribution in [3.8, 4) is 11.5 Å². The highest BCUT2D eigenvalue weighted by atomic mass is 32.2. The van der Waals surface area contributed by atoms with Crippen LogP contribution in [0.3, 0.4) is 0 Å². The molecule has 7 aromatic carbocycles. The summed E-state index contributed by atoms with van der Waals surface area (Å²) in [5.41, 5.74) is 8.02. The number of benzene rings is 7. The Bertz CT molecular complexity index is 3870. The van der Waals surface area contributed by atoms with Crippen molar-refractivity contribution in [2.75, 3.05) is 28.4 Å². The van der Waals surface area contributed by atoms with E-state index >= 15 is 0 Å². The minimum Gasteiger partial charge on any atom is -0.493 e. The number of hydrogen-bond donors (Lipinski definition) is 6. The molecule has 0 fully saturated rings. The molecule has 442 valence electrons. The summed E-state index contributed by atoms with van der Waals surface area (Å²) in [6.45, 7) is 3.28. The van der Waals surface area contributed by atoms with Gasteiger partial charge in [0.05, 0.1) is 58.1 Å². The number of carboxylic acid groups (broad SMARTS) is 3. The summed E-state index contributed by atoms with van der Waals surface area (Å²) in [6, 6.07) is 50.2. The Kier molecular flexibility index (Phi) is 23.6. The average Bonchev–Trinajstić information content (AvgIpc) is 3.72. The maximum absolute atomic E-state index is 13.0. The highest BCUT2D eigenvalue weighted by Crippen LogP contribution is 2.31. The van der Waals surface area contributed by atoms with Crippen LogP contribution >= 0.6 is 11.3 Å². The van der Waals surface area contributed by atoms with Crippen LogP contribution in [0.25, 0.3) is 0 Å². The maximum Gasteiger partial charge on any atom is 0.335 e. The molecule has 84 heavy (non-hydrogen) atoms. The lowest BCUT2D eigenvalue weighted by Crippen LogP contribution is -2.23. The lowest BCUT2D eigenvalue weighted by atomic mass is 10.0. The molecule has 17 nitrogen and oxygen atoms in total. The molecule has 21 heteroatoms. The molecule has 0 spiro atoms. The summed E-state index contributed by atoms with van der Waals surface area (Å²) < 4.78 is 93.6. The van der Waals surface area contributed by atoms with Gasteiger partial charge in [-0.1, -0.05) is 97.1 Å². The van der Waals surface area contributed by atoms with Gasteiger partial charge in [0.25, 0.3) is 20.0 Å². The van der Waals surface area contributed by atoms with Crippen molar-refractivity contribution in [1.82, 2.24) is 0 Å². The Morgan fingerprint density at radius 2 is 0.833 bits per heavy atom. The van der Waals surface area contributed by atoms with Crippen molar-refractivity contribution >= 4 is 76.4 Å². The van der Waals surface area contributed by atoms with E-state index in [1.54, 1.807) is 128 Å². The zero-order valence-electron chi connectivity index (χ0n) is 46.7. The fraction of sp³-hybridized carbons (Fsp3) is 0.222. The van der Waals surface area contributed by atoms with Crippen LogP contribution in [0.4, 0.5) is 17.1 Å². The number of ether oxygens (including phenoxy) is 2. The van der Waals surface area contributed by atoms with E-state index in [-0.39, 0.29) is 25.8 Å². The molecule has 0 aliphatic rings. The van der Waals surface area contributed by atoms with Crippen molar-refractivity contribution in [1.29, 1.82) is 0 Å². The van der Waals surface area contributed by atoms with Gasteiger partial charge in [-0.3, -0.25) is 14.2 Å². The molecule has 6 N–H and O–H groups in total. The average molecular weight is 1220 g/mol. The van der Waals surface area contributed by atoms with E-state index in [2.05, 4.69) is 14.2 Å². The Balaban J connectivity index is 0.000000204. The molecule has 0 amide bonds. The monoisotopic (exact) mass is 1220 g/mol. The fourth-order valence-electron chi connectivity index (χ4n) is 8.61. The van der Waals surface area contributed by atoms with Crippen LogP contribution in [0.1, 0.15) is 97.6 Å². The molecule has 1 aromatic heterocycles. The van der Waals surface area contributed by atoms with E-state index in [1.165, 1.54) is 37.7 Å². The van der Waals surface area contributed by atoms with Crippen LogP contribution in [0.2, 0.25) is 0 Å². The van der Waals surface area contributed by atoms with Gasteiger partial charge in [-0.05, 0) is 183 Å². The predicted molar refractivity (Wildman–Crippen MR) is 329 cm³/mol. The molecule has 0 unspecified atom stereocenters. The summed E-state index contributed by atoms with van der Waals surface area (Å²) in [7, 11) is -7.87. The van der Waals surface area contributed by atoms with Crippen LogP contribution in [0.15, 0.2) is 190 Å². The number of anilines is 3. The molecule has 0 atom stereocenters. The van der Waals surface area contributed by atoms with Crippen LogP contribution < -0.4 is 23.6 Å². The van der Waals surface area contributed by atoms with Crippen molar-refractivity contribution in [2.45, 2.75) is 86.0 Å². The number of methoxy groups -OCH3 is 2. The van der Waals surface area contributed by atoms with Gasteiger partial charge in [-0.25, -0.2) is 39.6 Å². The maximum atomic E-state index is 13.0. The van der Waals surface area contributed by atoms with Crippen LogP contribution in [-0.2, 0) is 68.6 Å². The number of nitrogens with one attached hydrogen (secondary N) is 3. The number of rotatable bonds is 26. The van der Waals surface area contributed by atoms with Crippen LogP contribution in [0, 0.1) is 0 Å². The summed E-state index contributed by atoms with van der Waals surface area (Å²) in [5.74, 6) is -2.06. The largest absolute Gasteiger partial charge is 0.493 e. The van der Waals surface area contributed by atoms with E-state index < -0.39 is 53.2 Å². The number of hydrogen-bond acceptors (Lipinski definition) is 12. The molecule has 1 heterocycles. The molecular formula is C63H67N3O14S4. The number of sulfonamides is 3. The Morgan fingerprint density at radius 3 is 1.20 bits per heavy atom. The van der Waals surface area contributed by atoms with E-state index in [0.717, 1.165) is 59.1 Å². The number of aryl methyl sites for hydroxylation is 6. The molecule has 0 bridgehead atoms. The highest BCUT2D eigenvalue weighted by molar-refractivity contribution is 7.94. The molecule has 0 aliphatic heterocycles. The summed E-state index contributed by atoms with van der Waals surface area (Å²) >= 11 is 1.18. The Hall–Kier alpha value is -8.50. The summed E-state index contributed by atoms with van der Waals surface area (Å²) in [4.78, 5) is 33.3.